The zero-order valence-electron chi connectivity index (χ0n) is 16.6. The van der Waals surface area contributed by atoms with Gasteiger partial charge in [-0.3, -0.25) is 9.89 Å². The largest absolute Gasteiger partial charge is 0.497 e. The Morgan fingerprint density at radius 3 is 2.30 bits per heavy atom. The van der Waals surface area contributed by atoms with E-state index in [-0.39, 0.29) is 24.0 Å². The number of methoxy groups -OCH3 is 2. The number of hydrogen-bond donors (Lipinski definition) is 2. The van der Waals surface area contributed by atoms with Crippen molar-refractivity contribution in [3.05, 3.63) is 24.3 Å². The van der Waals surface area contributed by atoms with E-state index in [2.05, 4.69) is 20.5 Å². The van der Waals surface area contributed by atoms with Crippen LogP contribution in [0, 0.1) is 0 Å². The molecule has 1 aliphatic rings. The van der Waals surface area contributed by atoms with Gasteiger partial charge in [0.15, 0.2) is 5.96 Å². The molecule has 0 spiro atoms. The first-order valence-electron chi connectivity index (χ1n) is 9.21. The number of rotatable bonds is 12. The van der Waals surface area contributed by atoms with Gasteiger partial charge in [0.05, 0.1) is 20.3 Å². The first kappa shape index (κ1) is 23.8. The van der Waals surface area contributed by atoms with Crippen molar-refractivity contribution in [3.63, 3.8) is 0 Å². The molecule has 0 aromatic heterocycles. The molecule has 0 saturated heterocycles. The van der Waals surface area contributed by atoms with Crippen LogP contribution in [0.1, 0.15) is 12.8 Å². The molecule has 1 fully saturated rings. The molecule has 0 radical (unpaired) electrons. The molecule has 27 heavy (non-hydrogen) atoms. The van der Waals surface area contributed by atoms with E-state index < -0.39 is 0 Å². The first-order valence-corrected chi connectivity index (χ1v) is 9.21. The summed E-state index contributed by atoms with van der Waals surface area (Å²) in [6.07, 6.45) is 2.61. The van der Waals surface area contributed by atoms with Gasteiger partial charge in [-0.25, -0.2) is 0 Å². The van der Waals surface area contributed by atoms with Crippen LogP contribution < -0.4 is 20.1 Å². The summed E-state index contributed by atoms with van der Waals surface area (Å²) in [7, 11) is 5.19. The highest BCUT2D eigenvalue weighted by molar-refractivity contribution is 14.0. The number of nitrogens with zero attached hydrogens (tertiary/aromatic N) is 2. The predicted molar refractivity (Wildman–Crippen MR) is 120 cm³/mol. The number of halogens is 1. The third kappa shape index (κ3) is 9.48. The summed E-state index contributed by atoms with van der Waals surface area (Å²) in [5, 5.41) is 6.63. The monoisotopic (exact) mass is 492 g/mol. The second-order valence-corrected chi connectivity index (χ2v) is 6.21. The maximum atomic E-state index is 5.70. The summed E-state index contributed by atoms with van der Waals surface area (Å²) in [4.78, 5) is 6.74. The van der Waals surface area contributed by atoms with E-state index in [0.29, 0.717) is 13.2 Å². The maximum absolute atomic E-state index is 5.70. The van der Waals surface area contributed by atoms with Crippen LogP contribution >= 0.6 is 24.0 Å². The lowest BCUT2D eigenvalue weighted by Gasteiger charge is -2.22. The van der Waals surface area contributed by atoms with Crippen LogP contribution in [0.2, 0.25) is 0 Å². The van der Waals surface area contributed by atoms with E-state index in [0.717, 1.165) is 49.7 Å². The highest BCUT2D eigenvalue weighted by Crippen LogP contribution is 2.25. The Kier molecular flexibility index (Phi) is 12.2. The Morgan fingerprint density at radius 2 is 1.70 bits per heavy atom. The summed E-state index contributed by atoms with van der Waals surface area (Å²) in [6.45, 7) is 4.88. The molecule has 0 unspecified atom stereocenters. The van der Waals surface area contributed by atoms with E-state index in [4.69, 9.17) is 14.2 Å². The number of guanidine groups is 1. The Bertz CT molecular complexity index is 538. The first-order chi connectivity index (χ1) is 12.8. The zero-order chi connectivity index (χ0) is 18.6. The van der Waals surface area contributed by atoms with Gasteiger partial charge in [0.25, 0.3) is 0 Å². The molecule has 0 atom stereocenters. The normalized spacial score (nSPS) is 13.9. The lowest BCUT2D eigenvalue weighted by atomic mass is 10.3. The van der Waals surface area contributed by atoms with Crippen LogP contribution in [-0.4, -0.2) is 77.6 Å². The topological polar surface area (TPSA) is 67.4 Å². The lowest BCUT2D eigenvalue weighted by Crippen LogP contribution is -2.43. The van der Waals surface area contributed by atoms with Gasteiger partial charge in [0.1, 0.15) is 18.1 Å². The molecule has 1 aromatic carbocycles. The maximum Gasteiger partial charge on any atom is 0.191 e. The van der Waals surface area contributed by atoms with Crippen LogP contribution in [0.15, 0.2) is 29.3 Å². The molecule has 0 bridgehead atoms. The number of benzene rings is 1. The van der Waals surface area contributed by atoms with Gasteiger partial charge in [0.2, 0.25) is 0 Å². The third-order valence-electron chi connectivity index (χ3n) is 4.28. The Morgan fingerprint density at radius 1 is 1.04 bits per heavy atom. The zero-order valence-corrected chi connectivity index (χ0v) is 18.9. The van der Waals surface area contributed by atoms with Gasteiger partial charge in [-0.1, -0.05) is 0 Å². The average molecular weight is 492 g/mol. The summed E-state index contributed by atoms with van der Waals surface area (Å²) in [5.74, 6) is 2.45. The molecule has 1 aromatic rings. The van der Waals surface area contributed by atoms with Crippen LogP contribution in [0.3, 0.4) is 0 Å². The minimum atomic E-state index is 0. The molecule has 8 heteroatoms. The standard InChI is InChI=1S/C19H32N4O3.HI/c1-20-19(21-10-12-23(13-15-24-2)16-4-5-16)22-11-14-26-18-8-6-17(25-3)7-9-18;/h6-9,16H,4-5,10-15H2,1-3H3,(H2,20,21,22);1H. The van der Waals surface area contributed by atoms with Crippen molar-refractivity contribution in [1.82, 2.24) is 15.5 Å². The molecule has 1 saturated carbocycles. The van der Waals surface area contributed by atoms with Crippen molar-refractivity contribution in [2.45, 2.75) is 18.9 Å². The van der Waals surface area contributed by atoms with Crippen LogP contribution in [0.4, 0.5) is 0 Å². The SMILES string of the molecule is CN=C(NCCOc1ccc(OC)cc1)NCCN(CCOC)C1CC1.I. The summed E-state index contributed by atoms with van der Waals surface area (Å²) >= 11 is 0. The van der Waals surface area contributed by atoms with Crippen molar-refractivity contribution >= 4 is 29.9 Å². The second kappa shape index (κ2) is 13.8. The fraction of sp³-hybridized carbons (Fsp3) is 0.632. The molecule has 7 nitrogen and oxygen atoms in total. The Labute approximate surface area is 179 Å². The molecule has 0 aliphatic heterocycles. The number of nitrogens with one attached hydrogen (secondary N) is 2. The summed E-state index contributed by atoms with van der Waals surface area (Å²) in [5.41, 5.74) is 0. The van der Waals surface area contributed by atoms with Gasteiger partial charge in [-0.05, 0) is 37.1 Å². The quantitative estimate of drug-likeness (QED) is 0.201. The summed E-state index contributed by atoms with van der Waals surface area (Å²) < 4.78 is 16.0. The third-order valence-corrected chi connectivity index (χ3v) is 4.28. The Balaban J connectivity index is 0.00000364. The van der Waals surface area contributed by atoms with Crippen molar-refractivity contribution in [3.8, 4) is 11.5 Å². The van der Waals surface area contributed by atoms with Gasteiger partial charge >= 0.3 is 0 Å². The van der Waals surface area contributed by atoms with E-state index in [1.54, 1.807) is 21.3 Å². The van der Waals surface area contributed by atoms with Gasteiger partial charge < -0.3 is 24.8 Å². The second-order valence-electron chi connectivity index (χ2n) is 6.21. The van der Waals surface area contributed by atoms with Crippen molar-refractivity contribution in [2.24, 2.45) is 4.99 Å². The van der Waals surface area contributed by atoms with Crippen LogP contribution in [0.25, 0.3) is 0 Å². The minimum Gasteiger partial charge on any atom is -0.497 e. The van der Waals surface area contributed by atoms with Crippen LogP contribution in [0.5, 0.6) is 11.5 Å². The number of ether oxygens (including phenoxy) is 3. The van der Waals surface area contributed by atoms with Crippen molar-refractivity contribution < 1.29 is 14.2 Å². The van der Waals surface area contributed by atoms with Crippen LogP contribution in [-0.2, 0) is 4.74 Å². The average Bonchev–Trinajstić information content (AvgIpc) is 3.51. The molecule has 0 amide bonds. The highest BCUT2D eigenvalue weighted by atomic mass is 127. The predicted octanol–water partition coefficient (Wildman–Crippen LogP) is 1.97. The van der Waals surface area contributed by atoms with Crippen molar-refractivity contribution in [2.75, 3.05) is 60.7 Å². The Hall–Kier alpha value is -1.26. The smallest absolute Gasteiger partial charge is 0.191 e. The van der Waals surface area contributed by atoms with E-state index in [1.807, 2.05) is 24.3 Å². The molecule has 1 aliphatic carbocycles. The summed E-state index contributed by atoms with van der Waals surface area (Å²) in [6, 6.07) is 8.31. The molecular weight excluding hydrogens is 459 g/mol. The van der Waals surface area contributed by atoms with E-state index in [1.165, 1.54) is 12.8 Å². The number of hydrogen-bond acceptors (Lipinski definition) is 5. The van der Waals surface area contributed by atoms with E-state index >= 15 is 0 Å². The van der Waals surface area contributed by atoms with Gasteiger partial charge in [-0.15, -0.1) is 24.0 Å². The fourth-order valence-corrected chi connectivity index (χ4v) is 2.67. The lowest BCUT2D eigenvalue weighted by molar-refractivity contribution is 0.144. The molecule has 154 valence electrons. The van der Waals surface area contributed by atoms with Gasteiger partial charge in [0, 0.05) is 39.8 Å². The minimum absolute atomic E-state index is 0. The molecule has 0 heterocycles. The molecular formula is C19H33IN4O3. The van der Waals surface area contributed by atoms with Crippen molar-refractivity contribution in [1.29, 1.82) is 0 Å². The van der Waals surface area contributed by atoms with Gasteiger partial charge in [-0.2, -0.15) is 0 Å². The molecule has 2 rings (SSSR count). The highest BCUT2D eigenvalue weighted by Gasteiger charge is 2.28. The molecule has 2 N–H and O–H groups in total. The van der Waals surface area contributed by atoms with E-state index in [9.17, 15) is 0 Å². The number of aliphatic imine (C=N–C) groups is 1. The fourth-order valence-electron chi connectivity index (χ4n) is 2.67.